The number of nitrogen functional groups attached to an aromatic ring is 1. The van der Waals surface area contributed by atoms with E-state index in [0.29, 0.717) is 47.3 Å². The highest BCUT2D eigenvalue weighted by atomic mass is 32.1. The summed E-state index contributed by atoms with van der Waals surface area (Å²) in [7, 11) is 0. The quantitative estimate of drug-likeness (QED) is 0.105. The van der Waals surface area contributed by atoms with E-state index in [9.17, 15) is 31.9 Å². The number of hydrogen-bond acceptors (Lipinski definition) is 11. The second kappa shape index (κ2) is 18.0. The van der Waals surface area contributed by atoms with E-state index in [-0.39, 0.29) is 36.8 Å². The number of rotatable bonds is 9. The summed E-state index contributed by atoms with van der Waals surface area (Å²) in [6.07, 6.45) is 1.15. The number of anilines is 4. The topological polar surface area (TPSA) is 179 Å². The van der Waals surface area contributed by atoms with Crippen LogP contribution in [0.3, 0.4) is 0 Å². The molecule has 0 bridgehead atoms. The van der Waals surface area contributed by atoms with Crippen LogP contribution < -0.4 is 20.9 Å². The fourth-order valence-corrected chi connectivity index (χ4v) is 9.36. The summed E-state index contributed by atoms with van der Waals surface area (Å²) in [5.41, 5.74) is 16.4. The number of fused-ring (bicyclic) bond motifs is 1. The monoisotopic (exact) mass is 931 g/mol. The normalized spacial score (nSPS) is 16.0. The molecule has 2 saturated heterocycles. The van der Waals surface area contributed by atoms with Crippen molar-refractivity contribution in [2.45, 2.75) is 72.0 Å². The Balaban J connectivity index is 0.000000170. The summed E-state index contributed by atoms with van der Waals surface area (Å²) in [5.74, 6) is -3.02. The SMILES string of the molecule is Cc1noc(C)c1-c1ccc(N)c(NC(=O)[C@@H]2CCC(=O)N2c2ccc(F)c(F)c2)c1.Cc1noc(C)c1-c1ccc2c(c1)nc([C@@H]1CCC(=O)N1c1ccc(F)c(F)c1)n2Cc1cscn1. The third kappa shape index (κ3) is 8.53. The number of aryl methyl sites for hydroxylation is 4. The van der Waals surface area contributed by atoms with E-state index in [1.165, 1.54) is 33.3 Å². The van der Waals surface area contributed by atoms with Crippen LogP contribution in [0.15, 0.2) is 92.7 Å². The number of carbonyl (C=O) groups excluding carboxylic acids is 3. The number of nitrogens with zero attached hydrogens (tertiary/aromatic N) is 7. The summed E-state index contributed by atoms with van der Waals surface area (Å²) in [5, 5.41) is 12.7. The minimum Gasteiger partial charge on any atom is -0.397 e. The van der Waals surface area contributed by atoms with E-state index in [2.05, 4.69) is 25.2 Å². The maximum absolute atomic E-state index is 14.1. The summed E-state index contributed by atoms with van der Waals surface area (Å²) in [4.78, 5) is 50.5. The van der Waals surface area contributed by atoms with Gasteiger partial charge in [0.1, 0.15) is 23.4 Å². The van der Waals surface area contributed by atoms with Gasteiger partial charge in [0.05, 0.1) is 57.6 Å². The molecule has 0 saturated carbocycles. The van der Waals surface area contributed by atoms with Crippen LogP contribution in [0.5, 0.6) is 0 Å². The van der Waals surface area contributed by atoms with Gasteiger partial charge < -0.3 is 29.6 Å². The Bertz CT molecular complexity index is 3180. The van der Waals surface area contributed by atoms with E-state index in [4.69, 9.17) is 19.8 Å². The Morgan fingerprint density at radius 3 is 1.96 bits per heavy atom. The number of imidazole rings is 1. The lowest BCUT2D eigenvalue weighted by Crippen LogP contribution is -2.42. The number of benzene rings is 4. The molecule has 8 aromatic rings. The number of carbonyl (C=O) groups is 3. The van der Waals surface area contributed by atoms with Crippen molar-refractivity contribution in [3.05, 3.63) is 141 Å². The average Bonchev–Trinajstić information content (AvgIpc) is 4.18. The van der Waals surface area contributed by atoms with E-state index in [1.54, 1.807) is 30.6 Å². The van der Waals surface area contributed by atoms with Crippen molar-refractivity contribution < 1.29 is 41.0 Å². The molecule has 0 radical (unpaired) electrons. The van der Waals surface area contributed by atoms with Gasteiger partial charge >= 0.3 is 0 Å². The van der Waals surface area contributed by atoms with Gasteiger partial charge in [-0.1, -0.05) is 22.4 Å². The highest BCUT2D eigenvalue weighted by molar-refractivity contribution is 7.07. The molecule has 342 valence electrons. The summed E-state index contributed by atoms with van der Waals surface area (Å²) in [6.45, 7) is 7.83. The Morgan fingerprint density at radius 1 is 0.761 bits per heavy atom. The molecule has 2 aliphatic rings. The zero-order chi connectivity index (χ0) is 47.3. The van der Waals surface area contributed by atoms with Crippen LogP contribution in [0, 0.1) is 51.0 Å². The second-order valence-electron chi connectivity index (χ2n) is 16.3. The van der Waals surface area contributed by atoms with Gasteiger partial charge in [-0.2, -0.15) is 0 Å². The highest BCUT2D eigenvalue weighted by Crippen LogP contribution is 2.40. The molecule has 67 heavy (non-hydrogen) atoms. The second-order valence-corrected chi connectivity index (χ2v) is 17.0. The molecule has 4 aromatic heterocycles. The predicted molar refractivity (Wildman–Crippen MR) is 243 cm³/mol. The van der Waals surface area contributed by atoms with Gasteiger partial charge in [0, 0.05) is 52.9 Å². The first-order chi connectivity index (χ1) is 32.2. The molecular weight excluding hydrogens is 891 g/mol. The summed E-state index contributed by atoms with van der Waals surface area (Å²) >= 11 is 1.51. The lowest BCUT2D eigenvalue weighted by Gasteiger charge is -2.25. The van der Waals surface area contributed by atoms with E-state index in [0.717, 1.165) is 74.7 Å². The first-order valence-corrected chi connectivity index (χ1v) is 22.1. The van der Waals surface area contributed by atoms with Gasteiger partial charge in [-0.25, -0.2) is 27.5 Å². The van der Waals surface area contributed by atoms with Gasteiger partial charge in [-0.05, 0) is 100 Å². The Kier molecular flexibility index (Phi) is 11.9. The molecule has 14 nitrogen and oxygen atoms in total. The molecule has 2 aliphatic heterocycles. The highest BCUT2D eigenvalue weighted by Gasteiger charge is 2.39. The van der Waals surface area contributed by atoms with E-state index >= 15 is 0 Å². The maximum Gasteiger partial charge on any atom is 0.247 e. The molecule has 0 unspecified atom stereocenters. The van der Waals surface area contributed by atoms with Gasteiger partial charge in [-0.3, -0.25) is 19.3 Å². The van der Waals surface area contributed by atoms with Crippen LogP contribution in [-0.2, 0) is 20.9 Å². The minimum atomic E-state index is -1.09. The minimum absolute atomic E-state index is 0.117. The number of nitrogens with two attached hydrogens (primary N) is 1. The predicted octanol–water partition coefficient (Wildman–Crippen LogP) is 9.91. The summed E-state index contributed by atoms with van der Waals surface area (Å²) in [6, 6.07) is 16.5. The van der Waals surface area contributed by atoms with Crippen LogP contribution in [-0.4, -0.2) is 48.6 Å². The van der Waals surface area contributed by atoms with Gasteiger partial charge in [0.15, 0.2) is 23.3 Å². The lowest BCUT2D eigenvalue weighted by atomic mass is 10.0. The molecule has 0 aliphatic carbocycles. The number of nitrogens with one attached hydrogen (secondary N) is 1. The number of thiazole rings is 1. The average molecular weight is 932 g/mol. The number of amides is 3. The van der Waals surface area contributed by atoms with Crippen molar-refractivity contribution in [1.82, 2.24) is 24.8 Å². The van der Waals surface area contributed by atoms with Gasteiger partial charge in [0.2, 0.25) is 17.7 Å². The van der Waals surface area contributed by atoms with E-state index in [1.807, 2.05) is 44.4 Å². The Hall–Kier alpha value is -7.67. The number of hydrogen-bond donors (Lipinski definition) is 2. The van der Waals surface area contributed by atoms with Crippen LogP contribution in [0.2, 0.25) is 0 Å². The molecule has 0 spiro atoms. The molecule has 6 heterocycles. The zero-order valence-electron chi connectivity index (χ0n) is 36.4. The van der Waals surface area contributed by atoms with Crippen molar-refractivity contribution in [1.29, 1.82) is 0 Å². The van der Waals surface area contributed by atoms with E-state index < -0.39 is 41.3 Å². The molecular formula is C48H41F4N9O5S. The third-order valence-corrected chi connectivity index (χ3v) is 12.6. The first-order valence-electron chi connectivity index (χ1n) is 21.1. The van der Waals surface area contributed by atoms with Gasteiger partial charge in [-0.15, -0.1) is 11.3 Å². The zero-order valence-corrected chi connectivity index (χ0v) is 37.3. The molecule has 3 N–H and O–H groups in total. The van der Waals surface area contributed by atoms with Crippen LogP contribution in [0.25, 0.3) is 33.3 Å². The largest absolute Gasteiger partial charge is 0.397 e. The van der Waals surface area contributed by atoms with Crippen molar-refractivity contribution in [3.8, 4) is 22.3 Å². The molecule has 2 atom stereocenters. The maximum atomic E-state index is 14.1. The smallest absolute Gasteiger partial charge is 0.247 e. The van der Waals surface area contributed by atoms with Crippen LogP contribution >= 0.6 is 11.3 Å². The molecule has 19 heteroatoms. The standard InChI is InChI=1S/C26H21F2N5O2S.C22H20F2N4O3/c1-14-25(15(2)35-31-14)16-3-6-22-21(9-16)30-26(32(22)11-17-12-36-13-29-17)23-7-8-24(34)33(23)18-4-5-19(27)20(28)10-18;1-11-21(12(2)31-27-11)13-3-6-17(25)18(9-13)26-22(30)19-7-8-20(29)28(19)14-4-5-15(23)16(24)10-14/h3-6,9-10,12-13,23H,7-8,11H2,1-2H3;3-6,9-10,19H,7-8,25H2,1-2H3,(H,26,30)/t23-;19-/m00/s1. The summed E-state index contributed by atoms with van der Waals surface area (Å²) < 4.78 is 67.3. The molecule has 3 amide bonds. The Morgan fingerprint density at radius 2 is 1.36 bits per heavy atom. The fourth-order valence-electron chi connectivity index (χ4n) is 8.81. The lowest BCUT2D eigenvalue weighted by molar-refractivity contribution is -0.120. The van der Waals surface area contributed by atoms with Crippen LogP contribution in [0.1, 0.15) is 66.2 Å². The molecule has 2 fully saturated rings. The number of aromatic nitrogens is 5. The van der Waals surface area contributed by atoms with Crippen molar-refractivity contribution in [2.24, 2.45) is 0 Å². The molecule has 4 aromatic carbocycles. The van der Waals surface area contributed by atoms with Crippen LogP contribution in [0.4, 0.5) is 40.3 Å². The van der Waals surface area contributed by atoms with Crippen molar-refractivity contribution >= 4 is 62.8 Å². The van der Waals surface area contributed by atoms with Crippen molar-refractivity contribution in [3.63, 3.8) is 0 Å². The first kappa shape index (κ1) is 44.5. The Labute approximate surface area is 384 Å². The number of halogens is 4. The fraction of sp³-hybridized carbons (Fsp3) is 0.229. The third-order valence-electron chi connectivity index (χ3n) is 11.9. The van der Waals surface area contributed by atoms with Crippen molar-refractivity contribution in [2.75, 3.05) is 20.9 Å². The molecule has 10 rings (SSSR count). The van der Waals surface area contributed by atoms with Gasteiger partial charge in [0.25, 0.3) is 0 Å².